The molecule has 0 saturated heterocycles. The summed E-state index contributed by atoms with van der Waals surface area (Å²) in [7, 11) is 1.90. The Morgan fingerprint density at radius 3 is 2.75 bits per heavy atom. The van der Waals surface area contributed by atoms with Gasteiger partial charge in [-0.15, -0.1) is 0 Å². The summed E-state index contributed by atoms with van der Waals surface area (Å²) in [5.41, 5.74) is 4.66. The molecule has 0 aliphatic heterocycles. The van der Waals surface area contributed by atoms with Gasteiger partial charge in [0.15, 0.2) is 0 Å². The van der Waals surface area contributed by atoms with Gasteiger partial charge in [0.05, 0.1) is 17.5 Å². The van der Waals surface area contributed by atoms with Crippen LogP contribution >= 0.6 is 0 Å². The van der Waals surface area contributed by atoms with Crippen molar-refractivity contribution in [3.63, 3.8) is 0 Å². The number of hydrogen-bond acceptors (Lipinski definition) is 4. The number of nitrogens with one attached hydrogen (secondary N) is 2. The van der Waals surface area contributed by atoms with Gasteiger partial charge >= 0.3 is 0 Å². The molecule has 1 aromatic carbocycles. The standard InChI is InChI=1S/C21H25N5O2/c1-13-20(14(2)26(3)25-13)18-12-19(24-23-18)21(27)22-15-7-6-10-17(11-15)28-16-8-4-5-9-16/h6-7,10-12,16H,4-5,8-9H2,1-3H3,(H,22,27)(H,23,24). The molecule has 3 aromatic rings. The minimum atomic E-state index is -0.240. The molecule has 7 heteroatoms. The number of anilines is 1. The molecule has 28 heavy (non-hydrogen) atoms. The Kier molecular flexibility index (Phi) is 4.90. The summed E-state index contributed by atoms with van der Waals surface area (Å²) in [5, 5.41) is 14.5. The first kappa shape index (κ1) is 18.3. The third-order valence-electron chi connectivity index (χ3n) is 5.28. The predicted octanol–water partition coefficient (Wildman–Crippen LogP) is 4.00. The van der Waals surface area contributed by atoms with Crippen LogP contribution in [0.15, 0.2) is 30.3 Å². The number of ether oxygens (including phenoxy) is 1. The van der Waals surface area contributed by atoms with Gasteiger partial charge in [-0.2, -0.15) is 10.2 Å². The molecule has 7 nitrogen and oxygen atoms in total. The monoisotopic (exact) mass is 379 g/mol. The Morgan fingerprint density at radius 1 is 1.25 bits per heavy atom. The number of carbonyl (C=O) groups excluding carboxylic acids is 1. The lowest BCUT2D eigenvalue weighted by Crippen LogP contribution is -2.13. The lowest BCUT2D eigenvalue weighted by Gasteiger charge is -2.14. The van der Waals surface area contributed by atoms with Gasteiger partial charge in [-0.05, 0) is 57.7 Å². The van der Waals surface area contributed by atoms with Crippen molar-refractivity contribution in [3.8, 4) is 17.0 Å². The lowest BCUT2D eigenvalue weighted by molar-refractivity contribution is 0.102. The van der Waals surface area contributed by atoms with E-state index in [2.05, 4.69) is 20.6 Å². The Balaban J connectivity index is 1.48. The number of H-pyrrole nitrogens is 1. The van der Waals surface area contributed by atoms with Crippen molar-refractivity contribution in [2.24, 2.45) is 7.05 Å². The minimum Gasteiger partial charge on any atom is -0.490 e. The largest absolute Gasteiger partial charge is 0.490 e. The van der Waals surface area contributed by atoms with Crippen molar-refractivity contribution in [1.82, 2.24) is 20.0 Å². The van der Waals surface area contributed by atoms with E-state index in [9.17, 15) is 4.79 Å². The molecule has 1 aliphatic carbocycles. The van der Waals surface area contributed by atoms with Crippen molar-refractivity contribution >= 4 is 11.6 Å². The summed E-state index contributed by atoms with van der Waals surface area (Å²) < 4.78 is 7.83. The number of amides is 1. The van der Waals surface area contributed by atoms with Crippen molar-refractivity contribution in [3.05, 3.63) is 47.4 Å². The zero-order chi connectivity index (χ0) is 19.7. The fourth-order valence-corrected chi connectivity index (χ4v) is 3.75. The molecule has 4 rings (SSSR count). The van der Waals surface area contributed by atoms with Crippen LogP contribution in [0.4, 0.5) is 5.69 Å². The highest BCUT2D eigenvalue weighted by atomic mass is 16.5. The van der Waals surface area contributed by atoms with E-state index in [1.807, 2.05) is 49.8 Å². The molecule has 2 aromatic heterocycles. The maximum absolute atomic E-state index is 12.6. The second-order valence-corrected chi connectivity index (χ2v) is 7.34. The number of hydrogen-bond donors (Lipinski definition) is 2. The maximum atomic E-state index is 12.6. The zero-order valence-electron chi connectivity index (χ0n) is 16.5. The van der Waals surface area contributed by atoms with Gasteiger partial charge in [-0.25, -0.2) is 0 Å². The smallest absolute Gasteiger partial charge is 0.273 e. The first-order valence-corrected chi connectivity index (χ1v) is 9.65. The Hall–Kier alpha value is -3.09. The Morgan fingerprint density at radius 2 is 2.04 bits per heavy atom. The number of nitrogens with zero attached hydrogens (tertiary/aromatic N) is 3. The molecule has 1 aliphatic rings. The fraction of sp³-hybridized carbons (Fsp3) is 0.381. The Bertz CT molecular complexity index is 998. The Labute approximate surface area is 164 Å². The third-order valence-corrected chi connectivity index (χ3v) is 5.28. The molecular formula is C21H25N5O2. The van der Waals surface area contributed by atoms with Crippen LogP contribution < -0.4 is 10.1 Å². The number of carbonyl (C=O) groups is 1. The van der Waals surface area contributed by atoms with Crippen LogP contribution in [-0.4, -0.2) is 32.0 Å². The molecular weight excluding hydrogens is 354 g/mol. The molecule has 0 bridgehead atoms. The van der Waals surface area contributed by atoms with E-state index in [4.69, 9.17) is 4.74 Å². The average Bonchev–Trinajstić information content (AvgIpc) is 3.38. The van der Waals surface area contributed by atoms with Crippen molar-refractivity contribution in [2.75, 3.05) is 5.32 Å². The quantitative estimate of drug-likeness (QED) is 0.702. The molecule has 0 unspecified atom stereocenters. The number of benzene rings is 1. The van der Waals surface area contributed by atoms with Gasteiger partial charge in [-0.1, -0.05) is 6.07 Å². The summed E-state index contributed by atoms with van der Waals surface area (Å²) in [6.07, 6.45) is 4.92. The van der Waals surface area contributed by atoms with Crippen LogP contribution in [-0.2, 0) is 7.05 Å². The van der Waals surface area contributed by atoms with E-state index in [1.54, 1.807) is 6.07 Å². The number of aromatic nitrogens is 4. The highest BCUT2D eigenvalue weighted by Crippen LogP contribution is 2.27. The van der Waals surface area contributed by atoms with Crippen LogP contribution in [0.5, 0.6) is 5.75 Å². The van der Waals surface area contributed by atoms with E-state index >= 15 is 0 Å². The van der Waals surface area contributed by atoms with Crippen LogP contribution in [0.1, 0.15) is 47.6 Å². The predicted molar refractivity (Wildman–Crippen MR) is 108 cm³/mol. The minimum absolute atomic E-state index is 0.240. The van der Waals surface area contributed by atoms with Gasteiger partial charge in [0.2, 0.25) is 0 Å². The van der Waals surface area contributed by atoms with Gasteiger partial charge in [-0.3, -0.25) is 14.6 Å². The molecule has 1 fully saturated rings. The molecule has 0 radical (unpaired) electrons. The second kappa shape index (κ2) is 7.50. The van der Waals surface area contributed by atoms with E-state index in [-0.39, 0.29) is 12.0 Å². The van der Waals surface area contributed by atoms with Crippen LogP contribution in [0, 0.1) is 13.8 Å². The summed E-state index contributed by atoms with van der Waals surface area (Å²) in [4.78, 5) is 12.6. The summed E-state index contributed by atoms with van der Waals surface area (Å²) >= 11 is 0. The summed E-state index contributed by atoms with van der Waals surface area (Å²) in [5.74, 6) is 0.549. The highest BCUT2D eigenvalue weighted by Gasteiger charge is 2.18. The molecule has 0 atom stereocenters. The number of aromatic amines is 1. The van der Waals surface area contributed by atoms with Crippen LogP contribution in [0.25, 0.3) is 11.3 Å². The topological polar surface area (TPSA) is 84.8 Å². The summed E-state index contributed by atoms with van der Waals surface area (Å²) in [6, 6.07) is 9.29. The van der Waals surface area contributed by atoms with Crippen LogP contribution in [0.3, 0.4) is 0 Å². The van der Waals surface area contributed by atoms with E-state index in [1.165, 1.54) is 12.8 Å². The fourth-order valence-electron chi connectivity index (χ4n) is 3.75. The number of aryl methyl sites for hydroxylation is 2. The molecule has 2 N–H and O–H groups in total. The normalized spacial score (nSPS) is 14.4. The molecule has 0 spiro atoms. The third kappa shape index (κ3) is 3.65. The van der Waals surface area contributed by atoms with Crippen molar-refractivity contribution in [2.45, 2.75) is 45.6 Å². The molecule has 146 valence electrons. The first-order chi connectivity index (χ1) is 13.5. The first-order valence-electron chi connectivity index (χ1n) is 9.65. The highest BCUT2D eigenvalue weighted by molar-refractivity contribution is 6.03. The second-order valence-electron chi connectivity index (χ2n) is 7.34. The lowest BCUT2D eigenvalue weighted by atomic mass is 10.1. The molecule has 1 saturated carbocycles. The van der Waals surface area contributed by atoms with Gasteiger partial charge < -0.3 is 10.1 Å². The summed E-state index contributed by atoms with van der Waals surface area (Å²) in [6.45, 7) is 3.92. The SMILES string of the molecule is Cc1nn(C)c(C)c1-c1cc(C(=O)Nc2cccc(OC3CCCC3)c2)[nH]n1. The van der Waals surface area contributed by atoms with Gasteiger partial charge in [0.25, 0.3) is 5.91 Å². The van der Waals surface area contributed by atoms with E-state index in [0.717, 1.165) is 35.5 Å². The molecule has 2 heterocycles. The zero-order valence-corrected chi connectivity index (χ0v) is 16.5. The van der Waals surface area contributed by atoms with Gasteiger partial charge in [0.1, 0.15) is 11.4 Å². The average molecular weight is 379 g/mol. The van der Waals surface area contributed by atoms with E-state index in [0.29, 0.717) is 17.1 Å². The van der Waals surface area contributed by atoms with Crippen molar-refractivity contribution < 1.29 is 9.53 Å². The van der Waals surface area contributed by atoms with Crippen LogP contribution in [0.2, 0.25) is 0 Å². The van der Waals surface area contributed by atoms with E-state index < -0.39 is 0 Å². The molecule has 1 amide bonds. The maximum Gasteiger partial charge on any atom is 0.273 e. The number of rotatable bonds is 5. The van der Waals surface area contributed by atoms with Crippen molar-refractivity contribution in [1.29, 1.82) is 0 Å². The van der Waals surface area contributed by atoms with Gasteiger partial charge in [0, 0.05) is 30.1 Å².